The Morgan fingerprint density at radius 3 is 1.88 bits per heavy atom. The molecule has 0 aliphatic carbocycles. The molecule has 0 bridgehead atoms. The molecule has 3 aromatic heterocycles. The van der Waals surface area contributed by atoms with E-state index in [4.69, 9.17) is 4.99 Å². The molecule has 268 valence electrons. The third-order valence-electron chi connectivity index (χ3n) is 11.1. The van der Waals surface area contributed by atoms with Crippen LogP contribution >= 0.6 is 22.7 Å². The average Bonchev–Trinajstić information content (AvgIpc) is 3.97. The van der Waals surface area contributed by atoms with Crippen molar-refractivity contribution < 1.29 is 0 Å². The first-order chi connectivity index (χ1) is 27.7. The molecule has 2 atom stereocenters. The summed E-state index contributed by atoms with van der Waals surface area (Å²) in [5.74, 6) is 0.937. The summed E-state index contributed by atoms with van der Waals surface area (Å²) in [6.45, 7) is 0. The number of hydrogen-bond acceptors (Lipinski definition) is 5. The summed E-state index contributed by atoms with van der Waals surface area (Å²) in [5.41, 5.74) is 9.70. The van der Waals surface area contributed by atoms with Crippen LogP contribution in [0.3, 0.4) is 0 Å². The van der Waals surface area contributed by atoms with Crippen molar-refractivity contribution >= 4 is 70.5 Å². The maximum atomic E-state index is 5.33. The highest BCUT2D eigenvalue weighted by molar-refractivity contribution is 7.23. The molecule has 10 aromatic rings. The molecule has 1 aliphatic heterocycles. The molecule has 0 fully saturated rings. The Balaban J connectivity index is 1.03. The molecule has 0 saturated heterocycles. The fraction of sp³-hybridized carbons (Fsp3) is 0.0600. The van der Waals surface area contributed by atoms with Crippen LogP contribution in [0.5, 0.6) is 0 Å². The molecule has 11 rings (SSSR count). The Bertz CT molecular complexity index is 3020. The Morgan fingerprint density at radius 1 is 0.536 bits per heavy atom. The number of aromatic nitrogens is 1. The first-order valence-electron chi connectivity index (χ1n) is 19.0. The number of amidine groups is 1. The Morgan fingerprint density at radius 2 is 1.16 bits per heavy atom. The lowest BCUT2D eigenvalue weighted by atomic mass is 10.0. The summed E-state index contributed by atoms with van der Waals surface area (Å²) in [7, 11) is 2.15. The molecule has 0 radical (unpaired) electrons. The van der Waals surface area contributed by atoms with Crippen LogP contribution in [0.1, 0.15) is 28.3 Å². The van der Waals surface area contributed by atoms with Gasteiger partial charge in [0.2, 0.25) is 0 Å². The highest BCUT2D eigenvalue weighted by atomic mass is 32.1. The predicted molar refractivity (Wildman–Crippen MR) is 238 cm³/mol. The fourth-order valence-corrected chi connectivity index (χ4v) is 10.6. The number of benzene rings is 7. The largest absolute Gasteiger partial charge is 0.350 e. The van der Waals surface area contributed by atoms with Crippen molar-refractivity contribution in [2.45, 2.75) is 12.3 Å². The zero-order valence-corrected chi connectivity index (χ0v) is 32.3. The number of hydrogen-bond donors (Lipinski definition) is 1. The van der Waals surface area contributed by atoms with Crippen molar-refractivity contribution in [3.63, 3.8) is 0 Å². The molecule has 6 heteroatoms. The third-order valence-corrected chi connectivity index (χ3v) is 13.3. The number of para-hydroxylation sites is 1. The predicted octanol–water partition coefficient (Wildman–Crippen LogP) is 13.2. The van der Waals surface area contributed by atoms with Gasteiger partial charge in [-0.25, -0.2) is 4.99 Å². The average molecular weight is 757 g/mol. The number of aliphatic imine (C=N–C) groups is 1. The summed E-state index contributed by atoms with van der Waals surface area (Å²) in [6, 6.07) is 65.9. The van der Waals surface area contributed by atoms with E-state index in [1.807, 2.05) is 22.7 Å². The number of nitrogens with one attached hydrogen (secondary N) is 1. The molecular formula is C50H36N4S2. The minimum Gasteiger partial charge on any atom is -0.350 e. The Labute approximate surface area is 333 Å². The molecule has 0 amide bonds. The number of fused-ring (bicyclic) bond motifs is 5. The number of nitrogens with zero attached hydrogens (tertiary/aromatic N) is 3. The lowest BCUT2D eigenvalue weighted by Gasteiger charge is -2.39. The van der Waals surface area contributed by atoms with Crippen LogP contribution in [-0.4, -0.2) is 22.4 Å². The number of rotatable bonds is 6. The molecular weight excluding hydrogens is 721 g/mol. The van der Waals surface area contributed by atoms with Gasteiger partial charge in [-0.3, -0.25) is 4.90 Å². The SMILES string of the molecule is CN1C(c2ccccc2)N=C(c2cc3cc4sc(-c5cccc6c5c5cc(-c7ccccc7)ccc5n6-c5ccccc5)cc4cc3s2)NC1c1ccccc1. The minimum atomic E-state index is -0.103. The van der Waals surface area contributed by atoms with Crippen LogP contribution in [0.4, 0.5) is 0 Å². The molecule has 4 nitrogen and oxygen atoms in total. The van der Waals surface area contributed by atoms with Crippen molar-refractivity contribution in [2.24, 2.45) is 4.99 Å². The van der Waals surface area contributed by atoms with Gasteiger partial charge in [-0.2, -0.15) is 0 Å². The van der Waals surface area contributed by atoms with E-state index in [-0.39, 0.29) is 12.3 Å². The molecule has 4 heterocycles. The van der Waals surface area contributed by atoms with E-state index >= 15 is 0 Å². The van der Waals surface area contributed by atoms with Crippen molar-refractivity contribution in [3.8, 4) is 27.3 Å². The lowest BCUT2D eigenvalue weighted by molar-refractivity contribution is 0.152. The van der Waals surface area contributed by atoms with E-state index in [0.717, 1.165) is 10.7 Å². The third kappa shape index (κ3) is 5.56. The van der Waals surface area contributed by atoms with Gasteiger partial charge in [-0.05, 0) is 94.7 Å². The molecule has 2 unspecified atom stereocenters. The summed E-state index contributed by atoms with van der Waals surface area (Å²) in [6.07, 6.45) is -0.113. The lowest BCUT2D eigenvalue weighted by Crippen LogP contribution is -2.45. The van der Waals surface area contributed by atoms with E-state index in [1.165, 1.54) is 80.4 Å². The van der Waals surface area contributed by atoms with E-state index in [2.05, 4.69) is 204 Å². The minimum absolute atomic E-state index is 0.00973. The van der Waals surface area contributed by atoms with Crippen molar-refractivity contribution in [2.75, 3.05) is 7.05 Å². The van der Waals surface area contributed by atoms with Crippen molar-refractivity contribution in [1.82, 2.24) is 14.8 Å². The molecule has 1 aliphatic rings. The van der Waals surface area contributed by atoms with Crippen LogP contribution in [0.15, 0.2) is 187 Å². The van der Waals surface area contributed by atoms with Gasteiger partial charge in [-0.15, -0.1) is 22.7 Å². The van der Waals surface area contributed by atoms with E-state index in [9.17, 15) is 0 Å². The second-order valence-electron chi connectivity index (χ2n) is 14.5. The summed E-state index contributed by atoms with van der Waals surface area (Å²) < 4.78 is 4.96. The summed E-state index contributed by atoms with van der Waals surface area (Å²) in [5, 5.41) is 8.87. The molecule has 1 N–H and O–H groups in total. The normalized spacial score (nSPS) is 16.1. The van der Waals surface area contributed by atoms with Gasteiger partial charge >= 0.3 is 0 Å². The van der Waals surface area contributed by atoms with Crippen LogP contribution < -0.4 is 5.32 Å². The topological polar surface area (TPSA) is 32.6 Å². The van der Waals surface area contributed by atoms with Crippen molar-refractivity contribution in [3.05, 3.63) is 198 Å². The van der Waals surface area contributed by atoms with E-state index < -0.39 is 0 Å². The highest BCUT2D eigenvalue weighted by Crippen LogP contribution is 2.45. The van der Waals surface area contributed by atoms with Gasteiger partial charge in [0.1, 0.15) is 18.2 Å². The Hall–Kier alpha value is -6.31. The highest BCUT2D eigenvalue weighted by Gasteiger charge is 2.32. The molecule has 0 saturated carbocycles. The maximum absolute atomic E-state index is 5.33. The Kier molecular flexibility index (Phi) is 7.95. The van der Waals surface area contributed by atoms with Crippen LogP contribution in [0.25, 0.3) is 69.2 Å². The smallest absolute Gasteiger partial charge is 0.142 e. The van der Waals surface area contributed by atoms with Gasteiger partial charge in [0, 0.05) is 36.3 Å². The van der Waals surface area contributed by atoms with Crippen LogP contribution in [0.2, 0.25) is 0 Å². The van der Waals surface area contributed by atoms with Gasteiger partial charge in [0.25, 0.3) is 0 Å². The number of thiophene rings is 2. The van der Waals surface area contributed by atoms with Gasteiger partial charge in [0.15, 0.2) is 0 Å². The van der Waals surface area contributed by atoms with Gasteiger partial charge < -0.3 is 9.88 Å². The monoisotopic (exact) mass is 756 g/mol. The zero-order chi connectivity index (χ0) is 37.2. The molecule has 7 aromatic carbocycles. The quantitative estimate of drug-likeness (QED) is 0.183. The first kappa shape index (κ1) is 33.1. The van der Waals surface area contributed by atoms with Gasteiger partial charge in [0.05, 0.1) is 15.9 Å². The fourth-order valence-electron chi connectivity index (χ4n) is 8.41. The molecule has 56 heavy (non-hydrogen) atoms. The van der Waals surface area contributed by atoms with E-state index in [1.54, 1.807) is 0 Å². The standard InChI is InChI=1S/C50H36N4S2/c1-53-49(33-17-8-3-9-18-33)51-48(52-50(53)34-19-10-4-11-20-34)46-31-37-29-43-36(28-44(37)56-46)30-45(55-43)39-23-14-24-42-47(39)40-27-35(32-15-6-2-7-16-32)25-26-41(40)54(42)38-21-12-5-13-22-38/h2-31,49-50H,1H3,(H,51,52). The summed E-state index contributed by atoms with van der Waals surface area (Å²) >= 11 is 3.69. The van der Waals surface area contributed by atoms with Gasteiger partial charge in [-0.1, -0.05) is 127 Å². The second-order valence-corrected chi connectivity index (χ2v) is 16.7. The van der Waals surface area contributed by atoms with Crippen molar-refractivity contribution in [1.29, 1.82) is 0 Å². The molecule has 0 spiro atoms. The van der Waals surface area contributed by atoms with Crippen LogP contribution in [0, 0.1) is 0 Å². The van der Waals surface area contributed by atoms with Crippen LogP contribution in [-0.2, 0) is 0 Å². The zero-order valence-electron chi connectivity index (χ0n) is 30.6. The second kappa shape index (κ2) is 13.5. The maximum Gasteiger partial charge on any atom is 0.142 e. The summed E-state index contributed by atoms with van der Waals surface area (Å²) in [4.78, 5) is 10.1. The first-order valence-corrected chi connectivity index (χ1v) is 20.6. The van der Waals surface area contributed by atoms with E-state index in [0.29, 0.717) is 0 Å².